The Labute approximate surface area is 109 Å². The Morgan fingerprint density at radius 3 is 3.12 bits per heavy atom. The number of fused-ring (bicyclic) bond motifs is 1. The van der Waals surface area contributed by atoms with Crippen LogP contribution in [0.3, 0.4) is 0 Å². The lowest BCUT2D eigenvalue weighted by atomic mass is 10.1. The Balaban J connectivity index is 2.40. The van der Waals surface area contributed by atoms with Crippen LogP contribution in [0.2, 0.25) is 0 Å². The minimum Gasteiger partial charge on any atom is -0.375 e. The van der Waals surface area contributed by atoms with E-state index in [1.807, 2.05) is 6.07 Å². The molecule has 90 valence electrons. The first kappa shape index (κ1) is 12.3. The number of benzene rings is 1. The first-order chi connectivity index (χ1) is 8.18. The predicted molar refractivity (Wildman–Crippen MR) is 72.8 cm³/mol. The summed E-state index contributed by atoms with van der Waals surface area (Å²) in [6.07, 6.45) is 1.75. The lowest BCUT2D eigenvalue weighted by Gasteiger charge is -2.08. The molecule has 6 heteroatoms. The second kappa shape index (κ2) is 5.46. The van der Waals surface area contributed by atoms with Crippen LogP contribution in [0.5, 0.6) is 0 Å². The SMILES string of the molecule is NC(=S)NN=C1CCCSc2c(F)cccc21. The highest BCUT2D eigenvalue weighted by Crippen LogP contribution is 2.31. The molecular formula is C11H12FN3S2. The molecule has 0 aliphatic carbocycles. The van der Waals surface area contributed by atoms with Gasteiger partial charge in [0.25, 0.3) is 0 Å². The predicted octanol–water partition coefficient (Wildman–Crippen LogP) is 2.25. The molecule has 0 saturated carbocycles. The van der Waals surface area contributed by atoms with Crippen molar-refractivity contribution in [1.82, 2.24) is 5.43 Å². The molecule has 1 aromatic carbocycles. The van der Waals surface area contributed by atoms with E-state index in [0.717, 1.165) is 29.9 Å². The summed E-state index contributed by atoms with van der Waals surface area (Å²) >= 11 is 6.23. The van der Waals surface area contributed by atoms with Gasteiger partial charge in [0.05, 0.1) is 10.6 Å². The van der Waals surface area contributed by atoms with Gasteiger partial charge in [0.15, 0.2) is 5.11 Å². The summed E-state index contributed by atoms with van der Waals surface area (Å²) < 4.78 is 13.7. The van der Waals surface area contributed by atoms with E-state index in [1.165, 1.54) is 17.8 Å². The zero-order chi connectivity index (χ0) is 12.3. The van der Waals surface area contributed by atoms with E-state index < -0.39 is 0 Å². The highest BCUT2D eigenvalue weighted by molar-refractivity contribution is 7.99. The molecule has 2 rings (SSSR count). The van der Waals surface area contributed by atoms with E-state index in [9.17, 15) is 4.39 Å². The number of hydrazone groups is 1. The third kappa shape index (κ3) is 2.95. The maximum atomic E-state index is 13.7. The van der Waals surface area contributed by atoms with Crippen molar-refractivity contribution >= 4 is 34.8 Å². The fourth-order valence-electron chi connectivity index (χ4n) is 1.67. The van der Waals surface area contributed by atoms with Gasteiger partial charge in [0, 0.05) is 5.56 Å². The van der Waals surface area contributed by atoms with Crippen LogP contribution in [-0.2, 0) is 0 Å². The molecule has 17 heavy (non-hydrogen) atoms. The van der Waals surface area contributed by atoms with Gasteiger partial charge < -0.3 is 5.73 Å². The Morgan fingerprint density at radius 2 is 2.35 bits per heavy atom. The van der Waals surface area contributed by atoms with Gasteiger partial charge in [-0.2, -0.15) is 5.10 Å². The second-order valence-corrected chi connectivity index (χ2v) is 5.15. The first-order valence-corrected chi connectivity index (χ1v) is 6.61. The van der Waals surface area contributed by atoms with Crippen LogP contribution in [0.1, 0.15) is 18.4 Å². The molecule has 0 amide bonds. The summed E-state index contributed by atoms with van der Waals surface area (Å²) in [4.78, 5) is 0.661. The van der Waals surface area contributed by atoms with Gasteiger partial charge in [-0.15, -0.1) is 11.8 Å². The Bertz CT molecular complexity index is 474. The largest absolute Gasteiger partial charge is 0.375 e. The van der Waals surface area contributed by atoms with Crippen LogP contribution in [-0.4, -0.2) is 16.6 Å². The Kier molecular flexibility index (Phi) is 3.96. The molecule has 0 fully saturated rings. The number of nitrogens with one attached hydrogen (secondary N) is 1. The summed E-state index contributed by atoms with van der Waals surface area (Å²) in [6.45, 7) is 0. The van der Waals surface area contributed by atoms with Gasteiger partial charge in [0.2, 0.25) is 0 Å². The molecule has 0 spiro atoms. The monoisotopic (exact) mass is 269 g/mol. The Morgan fingerprint density at radius 1 is 1.53 bits per heavy atom. The van der Waals surface area contributed by atoms with Gasteiger partial charge >= 0.3 is 0 Å². The van der Waals surface area contributed by atoms with Gasteiger partial charge in [-0.25, -0.2) is 4.39 Å². The lowest BCUT2D eigenvalue weighted by Crippen LogP contribution is -2.25. The molecule has 3 nitrogen and oxygen atoms in total. The minimum atomic E-state index is -0.197. The van der Waals surface area contributed by atoms with Crippen molar-refractivity contribution in [2.24, 2.45) is 10.8 Å². The van der Waals surface area contributed by atoms with Crippen LogP contribution < -0.4 is 11.2 Å². The Hall–Kier alpha value is -1.14. The topological polar surface area (TPSA) is 50.4 Å². The standard InChI is InChI=1S/C11H12FN3S2/c12-8-4-1-3-7-9(14-15-11(13)16)5-2-6-17-10(7)8/h1,3-4H,2,5-6H2,(H3,13,15,16). The first-order valence-electron chi connectivity index (χ1n) is 5.22. The van der Waals surface area contributed by atoms with Crippen molar-refractivity contribution in [3.8, 4) is 0 Å². The third-order valence-electron chi connectivity index (χ3n) is 2.38. The summed E-state index contributed by atoms with van der Waals surface area (Å²) in [5.41, 5.74) is 9.53. The van der Waals surface area contributed by atoms with E-state index >= 15 is 0 Å². The van der Waals surface area contributed by atoms with Crippen molar-refractivity contribution in [3.63, 3.8) is 0 Å². The minimum absolute atomic E-state index is 0.118. The highest BCUT2D eigenvalue weighted by atomic mass is 32.2. The molecule has 1 aliphatic heterocycles. The molecule has 0 saturated heterocycles. The number of thioether (sulfide) groups is 1. The number of nitrogens with zero attached hydrogens (tertiary/aromatic N) is 1. The summed E-state index contributed by atoms with van der Waals surface area (Å²) in [5.74, 6) is 0.692. The molecule has 1 aliphatic rings. The lowest BCUT2D eigenvalue weighted by molar-refractivity contribution is 0.601. The van der Waals surface area contributed by atoms with Crippen LogP contribution in [0, 0.1) is 5.82 Å². The summed E-state index contributed by atoms with van der Waals surface area (Å²) in [7, 11) is 0. The van der Waals surface area contributed by atoms with E-state index in [2.05, 4.69) is 10.5 Å². The molecule has 3 N–H and O–H groups in total. The number of hydrogen-bond donors (Lipinski definition) is 2. The molecule has 0 radical (unpaired) electrons. The molecule has 1 heterocycles. The average Bonchev–Trinajstić information content (AvgIpc) is 2.50. The summed E-state index contributed by atoms with van der Waals surface area (Å²) in [6, 6.07) is 5.03. The van der Waals surface area contributed by atoms with Gasteiger partial charge in [-0.1, -0.05) is 12.1 Å². The van der Waals surface area contributed by atoms with Gasteiger partial charge in [0.1, 0.15) is 5.82 Å². The zero-order valence-electron chi connectivity index (χ0n) is 9.07. The van der Waals surface area contributed by atoms with E-state index in [1.54, 1.807) is 6.07 Å². The molecule has 1 aromatic rings. The number of halogens is 1. The highest BCUT2D eigenvalue weighted by Gasteiger charge is 2.17. The van der Waals surface area contributed by atoms with Crippen LogP contribution >= 0.6 is 24.0 Å². The van der Waals surface area contributed by atoms with Crippen LogP contribution in [0.15, 0.2) is 28.2 Å². The number of nitrogens with two attached hydrogens (primary N) is 1. The smallest absolute Gasteiger partial charge is 0.184 e. The molecule has 0 unspecified atom stereocenters. The summed E-state index contributed by atoms with van der Waals surface area (Å²) in [5, 5.41) is 4.26. The number of thiocarbonyl (C=S) groups is 1. The van der Waals surface area contributed by atoms with Crippen molar-refractivity contribution in [1.29, 1.82) is 0 Å². The average molecular weight is 269 g/mol. The van der Waals surface area contributed by atoms with Crippen molar-refractivity contribution in [2.45, 2.75) is 17.7 Å². The fraction of sp³-hybridized carbons (Fsp3) is 0.273. The molecule has 0 atom stereocenters. The van der Waals surface area contributed by atoms with Crippen molar-refractivity contribution < 1.29 is 4.39 Å². The number of rotatable bonds is 1. The molecule has 0 bridgehead atoms. The number of hydrogen-bond acceptors (Lipinski definition) is 3. The fourth-order valence-corrected chi connectivity index (χ4v) is 2.76. The molecule has 0 aromatic heterocycles. The van der Waals surface area contributed by atoms with E-state index in [0.29, 0.717) is 4.90 Å². The second-order valence-electron chi connectivity index (χ2n) is 3.60. The van der Waals surface area contributed by atoms with Crippen LogP contribution in [0.4, 0.5) is 4.39 Å². The third-order valence-corrected chi connectivity index (χ3v) is 3.67. The van der Waals surface area contributed by atoms with E-state index in [-0.39, 0.29) is 10.9 Å². The maximum absolute atomic E-state index is 13.7. The molecular weight excluding hydrogens is 257 g/mol. The van der Waals surface area contributed by atoms with Gasteiger partial charge in [-0.3, -0.25) is 5.43 Å². The maximum Gasteiger partial charge on any atom is 0.184 e. The quantitative estimate of drug-likeness (QED) is 0.606. The van der Waals surface area contributed by atoms with Crippen molar-refractivity contribution in [3.05, 3.63) is 29.6 Å². The van der Waals surface area contributed by atoms with Crippen LogP contribution in [0.25, 0.3) is 0 Å². The van der Waals surface area contributed by atoms with Gasteiger partial charge in [-0.05, 0) is 36.9 Å². The van der Waals surface area contributed by atoms with E-state index in [4.69, 9.17) is 18.0 Å². The normalized spacial score (nSPS) is 17.4. The zero-order valence-corrected chi connectivity index (χ0v) is 10.7. The van der Waals surface area contributed by atoms with Crippen molar-refractivity contribution in [2.75, 3.05) is 5.75 Å².